The fourth-order valence-corrected chi connectivity index (χ4v) is 7.08. The van der Waals surface area contributed by atoms with E-state index in [9.17, 15) is 0 Å². The number of anilines is 3. The molecule has 0 spiro atoms. The van der Waals surface area contributed by atoms with Crippen molar-refractivity contribution in [2.45, 2.75) is 25.7 Å². The quantitative estimate of drug-likeness (QED) is 0.240. The smallest absolute Gasteiger partial charge is 0.141 e. The molecule has 0 saturated heterocycles. The molecule has 2 aliphatic heterocycles. The lowest BCUT2D eigenvalue weighted by atomic mass is 9.82. The Hall–Kier alpha value is -4.17. The zero-order valence-electron chi connectivity index (χ0n) is 19.3. The number of pyridine rings is 1. The van der Waals surface area contributed by atoms with E-state index in [4.69, 9.17) is 4.98 Å². The van der Waals surface area contributed by atoms with Gasteiger partial charge in [0, 0.05) is 19.0 Å². The summed E-state index contributed by atoms with van der Waals surface area (Å²) >= 11 is 0. The predicted octanol–water partition coefficient (Wildman–Crippen LogP) is 7.50. The number of benzene rings is 4. The number of nitrogens with zero attached hydrogens (tertiary/aromatic N) is 2. The second-order valence-corrected chi connectivity index (χ2v) is 10.4. The van der Waals surface area contributed by atoms with Crippen LogP contribution in [-0.4, -0.2) is 4.98 Å². The van der Waals surface area contributed by atoms with E-state index in [-0.39, 0.29) is 0 Å². The van der Waals surface area contributed by atoms with Gasteiger partial charge >= 0.3 is 0 Å². The highest BCUT2D eigenvalue weighted by atomic mass is 15.2. The molecule has 3 heterocycles. The molecule has 35 heavy (non-hydrogen) atoms. The van der Waals surface area contributed by atoms with Crippen LogP contribution in [0.3, 0.4) is 0 Å². The van der Waals surface area contributed by atoms with Gasteiger partial charge in [-0.1, -0.05) is 60.7 Å². The molecule has 0 atom stereocenters. The van der Waals surface area contributed by atoms with E-state index < -0.39 is 0 Å². The Labute approximate surface area is 204 Å². The van der Waals surface area contributed by atoms with Crippen LogP contribution >= 0.6 is 0 Å². The third-order valence-corrected chi connectivity index (χ3v) is 8.56. The van der Waals surface area contributed by atoms with Crippen LogP contribution in [0.25, 0.3) is 22.3 Å². The molecular formula is C33H22N2. The minimum Gasteiger partial charge on any atom is -0.294 e. The van der Waals surface area contributed by atoms with Gasteiger partial charge in [-0.3, -0.25) is 4.90 Å². The number of hydrogen-bond donors (Lipinski definition) is 0. The van der Waals surface area contributed by atoms with Crippen molar-refractivity contribution in [1.82, 2.24) is 4.98 Å². The maximum atomic E-state index is 4.94. The van der Waals surface area contributed by atoms with Gasteiger partial charge in [0.05, 0.1) is 11.4 Å². The molecule has 0 saturated carbocycles. The molecule has 0 fully saturated rings. The molecular weight excluding hydrogens is 424 g/mol. The van der Waals surface area contributed by atoms with Crippen molar-refractivity contribution < 1.29 is 0 Å². The fraction of sp³-hybridized carbons (Fsp3) is 0.121. The van der Waals surface area contributed by atoms with Gasteiger partial charge in [-0.25, -0.2) is 4.98 Å². The Morgan fingerprint density at radius 2 is 1.23 bits per heavy atom. The number of hydrogen-bond acceptors (Lipinski definition) is 2. The summed E-state index contributed by atoms with van der Waals surface area (Å²) in [4.78, 5) is 7.43. The first kappa shape index (κ1) is 18.2. The van der Waals surface area contributed by atoms with Gasteiger partial charge in [0.1, 0.15) is 5.82 Å². The second kappa shape index (κ2) is 6.28. The van der Waals surface area contributed by atoms with Crippen molar-refractivity contribution in [3.05, 3.63) is 130 Å². The molecule has 2 heteroatoms. The topological polar surface area (TPSA) is 16.1 Å². The number of aromatic nitrogens is 1. The van der Waals surface area contributed by atoms with Crippen molar-refractivity contribution in [2.75, 3.05) is 4.90 Å². The van der Waals surface area contributed by atoms with Crippen LogP contribution in [0, 0.1) is 0 Å². The molecule has 0 N–H and O–H groups in total. The maximum Gasteiger partial charge on any atom is 0.141 e. The minimum atomic E-state index is 0.945. The van der Waals surface area contributed by atoms with Gasteiger partial charge in [0.25, 0.3) is 0 Å². The van der Waals surface area contributed by atoms with E-state index in [0.29, 0.717) is 0 Å². The highest BCUT2D eigenvalue weighted by molar-refractivity contribution is 5.95. The molecule has 2 aliphatic carbocycles. The highest BCUT2D eigenvalue weighted by Crippen LogP contribution is 2.55. The summed E-state index contributed by atoms with van der Waals surface area (Å²) in [5, 5.41) is 0. The summed E-state index contributed by atoms with van der Waals surface area (Å²) in [6.45, 7) is 0. The van der Waals surface area contributed by atoms with Gasteiger partial charge in [0.15, 0.2) is 0 Å². The Balaban J connectivity index is 1.34. The maximum absolute atomic E-state index is 4.94. The average molecular weight is 447 g/mol. The lowest BCUT2D eigenvalue weighted by Crippen LogP contribution is -2.26. The summed E-state index contributed by atoms with van der Waals surface area (Å²) in [5.41, 5.74) is 19.9. The number of fused-ring (bicyclic) bond motifs is 11. The van der Waals surface area contributed by atoms with Crippen molar-refractivity contribution in [3.63, 3.8) is 0 Å². The van der Waals surface area contributed by atoms with E-state index in [1.165, 1.54) is 78.1 Å². The minimum absolute atomic E-state index is 0.945. The molecule has 0 amide bonds. The van der Waals surface area contributed by atoms with Crippen molar-refractivity contribution in [1.29, 1.82) is 0 Å². The predicted molar refractivity (Wildman–Crippen MR) is 141 cm³/mol. The number of rotatable bonds is 0. The van der Waals surface area contributed by atoms with Gasteiger partial charge in [-0.2, -0.15) is 0 Å². The molecule has 0 unspecified atom stereocenters. The van der Waals surface area contributed by atoms with Crippen LogP contribution in [0.15, 0.2) is 85.1 Å². The lowest BCUT2D eigenvalue weighted by molar-refractivity contribution is 0.967. The molecule has 1 aromatic heterocycles. The molecule has 2 nitrogen and oxygen atoms in total. The molecule has 0 radical (unpaired) electrons. The Bertz CT molecular complexity index is 1760. The Morgan fingerprint density at radius 3 is 2.11 bits per heavy atom. The van der Waals surface area contributed by atoms with Crippen LogP contribution in [0.2, 0.25) is 0 Å². The standard InChI is InChI=1S/C33H22N2/c1-3-9-25-19(6-1)12-22-14-23-16-30-29-15-20-7-2-4-10-26(20)28(29)17-24-13-21-8-5-11-34-33(21)35(32(24)30)31(23)18-27(22)25/h1-11,14,17-18H,12-13,15-16H2. The molecule has 9 rings (SSSR count). The van der Waals surface area contributed by atoms with Crippen LogP contribution in [0.5, 0.6) is 0 Å². The van der Waals surface area contributed by atoms with E-state index >= 15 is 0 Å². The van der Waals surface area contributed by atoms with E-state index in [0.717, 1.165) is 31.5 Å². The van der Waals surface area contributed by atoms with Crippen molar-refractivity contribution in [2.24, 2.45) is 0 Å². The SMILES string of the molecule is c1ccc2c(c1)Cc1cc3c(cc1-2)N1c2ncccc2Cc2cc4c(c(c21)C3)Cc1ccccc1-4. The molecule has 4 aliphatic rings. The van der Waals surface area contributed by atoms with E-state index in [1.807, 2.05) is 6.20 Å². The Morgan fingerprint density at radius 1 is 0.514 bits per heavy atom. The van der Waals surface area contributed by atoms with E-state index in [1.54, 1.807) is 0 Å². The molecule has 5 aromatic rings. The molecule has 0 bridgehead atoms. The summed E-state index contributed by atoms with van der Waals surface area (Å²) in [6, 6.07) is 29.6. The van der Waals surface area contributed by atoms with E-state index in [2.05, 4.69) is 83.8 Å². The summed E-state index contributed by atoms with van der Waals surface area (Å²) in [5.74, 6) is 1.10. The zero-order chi connectivity index (χ0) is 22.7. The fourth-order valence-electron chi connectivity index (χ4n) is 7.08. The van der Waals surface area contributed by atoms with Crippen molar-refractivity contribution >= 4 is 17.2 Å². The zero-order valence-corrected chi connectivity index (χ0v) is 19.3. The first-order chi connectivity index (χ1) is 17.3. The van der Waals surface area contributed by atoms with Gasteiger partial charge in [0.2, 0.25) is 0 Å². The van der Waals surface area contributed by atoms with Crippen LogP contribution in [-0.2, 0) is 25.7 Å². The second-order valence-electron chi connectivity index (χ2n) is 10.4. The average Bonchev–Trinajstić information content (AvgIpc) is 3.45. The largest absolute Gasteiger partial charge is 0.294 e. The van der Waals surface area contributed by atoms with Crippen molar-refractivity contribution in [3.8, 4) is 22.3 Å². The molecule has 4 aromatic carbocycles. The van der Waals surface area contributed by atoms with Crippen LogP contribution in [0.4, 0.5) is 17.2 Å². The lowest BCUT2D eigenvalue weighted by Gasteiger charge is -2.40. The normalized spacial score (nSPS) is 14.9. The van der Waals surface area contributed by atoms with Gasteiger partial charge < -0.3 is 0 Å². The summed E-state index contributed by atoms with van der Waals surface area (Å²) in [7, 11) is 0. The first-order valence-electron chi connectivity index (χ1n) is 12.6. The van der Waals surface area contributed by atoms with Gasteiger partial charge in [-0.15, -0.1) is 0 Å². The first-order valence-corrected chi connectivity index (χ1v) is 12.6. The van der Waals surface area contributed by atoms with Crippen LogP contribution in [0.1, 0.15) is 44.5 Å². The molecule has 164 valence electrons. The Kier molecular flexibility index (Phi) is 3.27. The third-order valence-electron chi connectivity index (χ3n) is 8.56. The summed E-state index contributed by atoms with van der Waals surface area (Å²) in [6.07, 6.45) is 5.95. The van der Waals surface area contributed by atoms with Gasteiger partial charge in [-0.05, 0) is 97.8 Å². The third kappa shape index (κ3) is 2.27. The highest BCUT2D eigenvalue weighted by Gasteiger charge is 2.37. The monoisotopic (exact) mass is 446 g/mol. The summed E-state index contributed by atoms with van der Waals surface area (Å²) < 4.78 is 0. The van der Waals surface area contributed by atoms with Crippen LogP contribution < -0.4 is 4.90 Å².